The number of guanidine groups is 1. The first-order valence-electron chi connectivity index (χ1n) is 13.6. The minimum atomic E-state index is -4.09. The lowest BCUT2D eigenvalue weighted by atomic mass is 10.1. The van der Waals surface area contributed by atoms with Crippen LogP contribution in [0.25, 0.3) is 10.2 Å². The molecule has 1 heterocycles. The van der Waals surface area contributed by atoms with Gasteiger partial charge in [0.1, 0.15) is 11.4 Å². The smallest absolute Gasteiger partial charge is 0.408 e. The molecule has 0 aliphatic carbocycles. The highest BCUT2D eigenvalue weighted by molar-refractivity contribution is 7.90. The maximum absolute atomic E-state index is 13.4. The van der Waals surface area contributed by atoms with E-state index in [2.05, 4.69) is 20.3 Å². The van der Waals surface area contributed by atoms with Gasteiger partial charge in [0.15, 0.2) is 5.01 Å². The predicted molar refractivity (Wildman–Crippen MR) is 167 cm³/mol. The van der Waals surface area contributed by atoms with Crippen molar-refractivity contribution in [2.24, 2.45) is 0 Å². The Balaban J connectivity index is 1.70. The number of aromatic carboxylic acids is 1. The van der Waals surface area contributed by atoms with Crippen LogP contribution in [0.4, 0.5) is 4.79 Å². The first-order chi connectivity index (χ1) is 20.4. The van der Waals surface area contributed by atoms with E-state index in [0.29, 0.717) is 32.7 Å². The molecule has 238 valence electrons. The molecular formula is C29H37N5O8S2. The molecule has 0 saturated carbocycles. The summed E-state index contributed by atoms with van der Waals surface area (Å²) in [6.45, 7) is 10.2. The largest absolute Gasteiger partial charge is 0.496 e. The second kappa shape index (κ2) is 13.6. The van der Waals surface area contributed by atoms with Crippen LogP contribution >= 0.6 is 11.3 Å². The lowest BCUT2D eigenvalue weighted by Gasteiger charge is -2.23. The number of aryl methyl sites for hydroxylation is 1. The number of rotatable bonds is 11. The Labute approximate surface area is 259 Å². The Bertz CT molecular complexity index is 1710. The molecule has 3 aromatic rings. The van der Waals surface area contributed by atoms with Crippen LogP contribution in [0.15, 0.2) is 29.2 Å². The summed E-state index contributed by atoms with van der Waals surface area (Å²) < 4.78 is 39.6. The summed E-state index contributed by atoms with van der Waals surface area (Å²) in [6, 6.07) is 4.90. The molecule has 1 atom stereocenters. The summed E-state index contributed by atoms with van der Waals surface area (Å²) in [4.78, 5) is 41.7. The van der Waals surface area contributed by atoms with E-state index in [1.165, 1.54) is 25.3 Å². The summed E-state index contributed by atoms with van der Waals surface area (Å²) >= 11 is 1.01. The zero-order valence-electron chi connectivity index (χ0n) is 25.6. The molecule has 13 nitrogen and oxygen atoms in total. The number of benzene rings is 2. The summed E-state index contributed by atoms with van der Waals surface area (Å²) in [7, 11) is -2.59. The molecule has 0 aliphatic heterocycles. The number of ether oxygens (including phenoxy) is 2. The Morgan fingerprint density at radius 3 is 2.41 bits per heavy atom. The van der Waals surface area contributed by atoms with Gasteiger partial charge < -0.3 is 25.2 Å². The van der Waals surface area contributed by atoms with E-state index in [4.69, 9.17) is 14.9 Å². The van der Waals surface area contributed by atoms with Gasteiger partial charge >= 0.3 is 12.1 Å². The first kappa shape index (κ1) is 34.3. The Kier molecular flexibility index (Phi) is 10.6. The molecular weight excluding hydrogens is 610 g/mol. The average molecular weight is 648 g/mol. The molecule has 0 saturated heterocycles. The van der Waals surface area contributed by atoms with Gasteiger partial charge in [0, 0.05) is 6.54 Å². The van der Waals surface area contributed by atoms with Crippen molar-refractivity contribution in [2.75, 3.05) is 13.7 Å². The van der Waals surface area contributed by atoms with Crippen LogP contribution in [-0.2, 0) is 14.8 Å². The second-order valence-electron chi connectivity index (χ2n) is 11.1. The van der Waals surface area contributed by atoms with Crippen LogP contribution in [-0.4, -0.2) is 67.6 Å². The highest BCUT2D eigenvalue weighted by atomic mass is 32.2. The number of thiazole rings is 1. The highest BCUT2D eigenvalue weighted by Gasteiger charge is 2.28. The number of Topliss-reactive ketones (excluding diaryl/α,β-unsaturated/α-hetero) is 1. The number of hydrogen-bond acceptors (Lipinski definition) is 10. The third-order valence-electron chi connectivity index (χ3n) is 6.53. The van der Waals surface area contributed by atoms with Crippen molar-refractivity contribution < 1.29 is 37.4 Å². The third-order valence-corrected chi connectivity index (χ3v) is 9.20. The molecule has 1 aromatic heterocycles. The van der Waals surface area contributed by atoms with E-state index in [-0.39, 0.29) is 34.9 Å². The fourth-order valence-corrected chi connectivity index (χ4v) is 6.90. The number of alkyl carbamates (subject to hydrolysis) is 1. The van der Waals surface area contributed by atoms with Crippen molar-refractivity contribution in [3.05, 3.63) is 51.5 Å². The molecule has 2 aromatic carbocycles. The van der Waals surface area contributed by atoms with Crippen LogP contribution in [0.5, 0.6) is 5.75 Å². The molecule has 3 rings (SSSR count). The van der Waals surface area contributed by atoms with Crippen LogP contribution < -0.4 is 20.1 Å². The predicted octanol–water partition coefficient (Wildman–Crippen LogP) is 4.29. The molecule has 15 heteroatoms. The molecule has 0 unspecified atom stereocenters. The van der Waals surface area contributed by atoms with Gasteiger partial charge in [0.25, 0.3) is 10.0 Å². The lowest BCUT2D eigenvalue weighted by molar-refractivity contribution is 0.0488. The number of carboxylic acid groups (broad SMARTS) is 1. The number of carboxylic acids is 1. The number of aromatic nitrogens is 1. The topological polar surface area (TPSA) is 197 Å². The zero-order valence-corrected chi connectivity index (χ0v) is 27.2. The SMILES string of the molecule is COc1cc(C)c(S(=O)(=O)NC(=N)NCCC[C@H](NC(=O)OC(C)(C)C)C(=O)c2nc3ccc(C(=O)O)cc3s2)c(C)c1C. The molecule has 1 amide bonds. The van der Waals surface area contributed by atoms with E-state index in [1.54, 1.807) is 47.6 Å². The number of nitrogens with one attached hydrogen (secondary N) is 4. The molecule has 0 spiro atoms. The number of nitrogens with zero attached hydrogens (tertiary/aromatic N) is 1. The van der Waals surface area contributed by atoms with E-state index in [0.717, 1.165) is 11.3 Å². The number of hydrogen-bond donors (Lipinski definition) is 5. The number of fused-ring (bicyclic) bond motifs is 1. The normalized spacial score (nSPS) is 12.3. The number of ketones is 1. The van der Waals surface area contributed by atoms with Crippen molar-refractivity contribution >= 4 is 55.4 Å². The number of methoxy groups -OCH3 is 1. The molecule has 0 fully saturated rings. The number of carbonyl (C=O) groups excluding carboxylic acids is 2. The second-order valence-corrected chi connectivity index (χ2v) is 13.7. The Morgan fingerprint density at radius 1 is 1.11 bits per heavy atom. The third kappa shape index (κ3) is 8.44. The molecule has 5 N–H and O–H groups in total. The monoisotopic (exact) mass is 647 g/mol. The minimum absolute atomic E-state index is 0.0557. The Morgan fingerprint density at radius 2 is 1.80 bits per heavy atom. The van der Waals surface area contributed by atoms with Crippen molar-refractivity contribution in [3.63, 3.8) is 0 Å². The number of sulfonamides is 1. The summed E-state index contributed by atoms with van der Waals surface area (Å²) in [5, 5.41) is 22.8. The summed E-state index contributed by atoms with van der Waals surface area (Å²) in [5.74, 6) is -1.50. The Hall–Kier alpha value is -4.24. The maximum Gasteiger partial charge on any atom is 0.408 e. The van der Waals surface area contributed by atoms with Crippen LogP contribution in [0.2, 0.25) is 0 Å². The van der Waals surface area contributed by atoms with Crippen molar-refractivity contribution in [1.29, 1.82) is 5.41 Å². The first-order valence-corrected chi connectivity index (χ1v) is 15.9. The van der Waals surface area contributed by atoms with E-state index >= 15 is 0 Å². The zero-order chi connectivity index (χ0) is 33.0. The molecule has 0 radical (unpaired) electrons. The summed E-state index contributed by atoms with van der Waals surface area (Å²) in [5.41, 5.74) is 1.33. The van der Waals surface area contributed by atoms with Gasteiger partial charge in [-0.15, -0.1) is 11.3 Å². The molecule has 0 aliphatic rings. The lowest BCUT2D eigenvalue weighted by Crippen LogP contribution is -2.44. The van der Waals surface area contributed by atoms with Crippen molar-refractivity contribution in [1.82, 2.24) is 20.3 Å². The van der Waals surface area contributed by atoms with E-state index in [9.17, 15) is 27.9 Å². The van der Waals surface area contributed by atoms with Gasteiger partial charge in [-0.1, -0.05) is 0 Å². The molecule has 44 heavy (non-hydrogen) atoms. The van der Waals surface area contributed by atoms with Crippen LogP contribution in [0.1, 0.15) is 70.5 Å². The van der Waals surface area contributed by atoms with Gasteiger partial charge in [-0.3, -0.25) is 10.2 Å². The summed E-state index contributed by atoms with van der Waals surface area (Å²) in [6.07, 6.45) is -0.444. The fourth-order valence-electron chi connectivity index (χ4n) is 4.42. The van der Waals surface area contributed by atoms with E-state index < -0.39 is 45.5 Å². The van der Waals surface area contributed by atoms with Crippen LogP contribution in [0.3, 0.4) is 0 Å². The van der Waals surface area contributed by atoms with Gasteiger partial charge in [-0.25, -0.2) is 27.7 Å². The van der Waals surface area contributed by atoms with Crippen molar-refractivity contribution in [3.8, 4) is 5.75 Å². The minimum Gasteiger partial charge on any atom is -0.496 e. The highest BCUT2D eigenvalue weighted by Crippen LogP contribution is 2.30. The van der Waals surface area contributed by atoms with Gasteiger partial charge in [-0.2, -0.15) is 0 Å². The average Bonchev–Trinajstić information content (AvgIpc) is 3.34. The fraction of sp³-hybridized carbons (Fsp3) is 0.414. The number of carbonyl (C=O) groups is 3. The standard InChI is InChI=1S/C29H37N5O8S2/c1-15-13-21(41-7)16(2)17(3)24(15)44(39,40)34-27(30)31-12-8-9-20(33-28(38)42-29(4,5)6)23(35)25-32-19-11-10-18(26(36)37)14-22(19)43-25/h10-11,13-14,20H,8-9,12H2,1-7H3,(H,33,38)(H,36,37)(H3,30,31,34)/t20-/m0/s1. The number of amides is 1. The van der Waals surface area contributed by atoms with Crippen molar-refractivity contribution in [2.45, 2.75) is 70.9 Å². The van der Waals surface area contributed by atoms with Crippen LogP contribution in [0, 0.1) is 26.2 Å². The quantitative estimate of drug-likeness (QED) is 0.0866. The van der Waals surface area contributed by atoms with E-state index in [1.807, 2.05) is 0 Å². The van der Waals surface area contributed by atoms with Gasteiger partial charge in [0.05, 0.1) is 33.8 Å². The maximum atomic E-state index is 13.4. The van der Waals surface area contributed by atoms with Gasteiger partial charge in [-0.05, 0) is 95.3 Å². The van der Waals surface area contributed by atoms with Gasteiger partial charge in [0.2, 0.25) is 11.7 Å². The molecule has 0 bridgehead atoms.